The summed E-state index contributed by atoms with van der Waals surface area (Å²) in [5, 5.41) is 9.08. The van der Waals surface area contributed by atoms with Crippen LogP contribution in [-0.4, -0.2) is 40.1 Å². The number of nitrogens with zero attached hydrogens (tertiary/aromatic N) is 5. The normalized spacial score (nSPS) is 11.7. The van der Waals surface area contributed by atoms with Crippen molar-refractivity contribution in [1.82, 2.24) is 24.5 Å². The third-order valence-electron chi connectivity index (χ3n) is 4.13. The molecule has 0 unspecified atom stereocenters. The summed E-state index contributed by atoms with van der Waals surface area (Å²) in [4.78, 5) is 4.18. The first-order valence-corrected chi connectivity index (χ1v) is 10.3. The third kappa shape index (κ3) is 3.22. The fraction of sp³-hybridized carbons (Fsp3) is 0.118. The minimum Gasteiger partial charge on any atom is -0.494 e. The summed E-state index contributed by atoms with van der Waals surface area (Å²) in [5.41, 5.74) is 0.928. The fourth-order valence-electron chi connectivity index (χ4n) is 2.80. The van der Waals surface area contributed by atoms with Crippen LogP contribution in [0, 0.1) is 0 Å². The van der Waals surface area contributed by atoms with E-state index in [9.17, 15) is 8.42 Å². The molecule has 11 heteroatoms. The number of sulfonamides is 1. The van der Waals surface area contributed by atoms with Gasteiger partial charge in [0.1, 0.15) is 16.3 Å². The number of methoxy groups -OCH3 is 1. The Labute approximate surface area is 169 Å². The van der Waals surface area contributed by atoms with Crippen LogP contribution in [0.5, 0.6) is 5.75 Å². The maximum atomic E-state index is 13.0. The highest BCUT2D eigenvalue weighted by Crippen LogP contribution is 2.34. The van der Waals surface area contributed by atoms with Crippen LogP contribution in [0.4, 0.5) is 5.69 Å². The molecule has 9 nitrogen and oxygen atoms in total. The molecule has 0 fully saturated rings. The molecule has 0 aliphatic heterocycles. The molecule has 0 saturated heterocycles. The minimum atomic E-state index is -3.92. The molecule has 0 atom stereocenters. The number of aromatic nitrogens is 5. The predicted octanol–water partition coefficient (Wildman–Crippen LogP) is 2.73. The number of nitrogens with one attached hydrogen (secondary N) is 1. The lowest BCUT2D eigenvalue weighted by molar-refractivity contribution is 0.417. The number of benzene rings is 1. The highest BCUT2D eigenvalue weighted by Gasteiger charge is 2.22. The lowest BCUT2D eigenvalue weighted by atomic mass is 10.2. The Morgan fingerprint density at radius 1 is 1.18 bits per heavy atom. The number of fused-ring (bicyclic) bond motifs is 1. The van der Waals surface area contributed by atoms with Gasteiger partial charge >= 0.3 is 0 Å². The van der Waals surface area contributed by atoms with Crippen molar-refractivity contribution in [3.63, 3.8) is 0 Å². The molecular weight excluding hydrogens is 448 g/mol. The van der Waals surface area contributed by atoms with Crippen LogP contribution < -0.4 is 9.46 Å². The molecule has 144 valence electrons. The summed E-state index contributed by atoms with van der Waals surface area (Å²) in [7, 11) is -0.712. The average molecular weight is 463 g/mol. The van der Waals surface area contributed by atoms with Gasteiger partial charge in [-0.2, -0.15) is 10.2 Å². The van der Waals surface area contributed by atoms with Gasteiger partial charge in [0.25, 0.3) is 10.0 Å². The van der Waals surface area contributed by atoms with Gasteiger partial charge in [0.2, 0.25) is 0 Å². The molecule has 4 rings (SSSR count). The molecule has 28 heavy (non-hydrogen) atoms. The highest BCUT2D eigenvalue weighted by atomic mass is 79.9. The van der Waals surface area contributed by atoms with Gasteiger partial charge in [-0.25, -0.2) is 18.1 Å². The number of aryl methyl sites for hydroxylation is 1. The Morgan fingerprint density at radius 3 is 2.75 bits per heavy atom. The van der Waals surface area contributed by atoms with Gasteiger partial charge in [0.05, 0.1) is 31.2 Å². The molecule has 1 N–H and O–H groups in total. The van der Waals surface area contributed by atoms with Crippen LogP contribution in [-0.2, 0) is 17.1 Å². The van der Waals surface area contributed by atoms with Crippen molar-refractivity contribution in [1.29, 1.82) is 0 Å². The van der Waals surface area contributed by atoms with Gasteiger partial charge in [-0.1, -0.05) is 15.9 Å². The second kappa shape index (κ2) is 6.91. The summed E-state index contributed by atoms with van der Waals surface area (Å²) in [6.45, 7) is 0. The van der Waals surface area contributed by atoms with Crippen LogP contribution in [0.15, 0.2) is 58.4 Å². The monoisotopic (exact) mass is 462 g/mol. The van der Waals surface area contributed by atoms with E-state index in [1.54, 1.807) is 42.3 Å². The fourth-order valence-corrected chi connectivity index (χ4v) is 4.13. The van der Waals surface area contributed by atoms with E-state index in [1.165, 1.54) is 24.2 Å². The van der Waals surface area contributed by atoms with Crippen molar-refractivity contribution in [3.05, 3.63) is 53.5 Å². The van der Waals surface area contributed by atoms with Crippen molar-refractivity contribution in [2.75, 3.05) is 11.8 Å². The Bertz CT molecular complexity index is 1280. The average Bonchev–Trinajstić information content (AvgIpc) is 3.30. The summed E-state index contributed by atoms with van der Waals surface area (Å²) in [6.07, 6.45) is 5.92. The molecule has 0 aliphatic carbocycles. The van der Waals surface area contributed by atoms with Crippen LogP contribution >= 0.6 is 15.9 Å². The number of anilines is 1. The first-order chi connectivity index (χ1) is 13.4. The molecular formula is C17H15BrN6O3S. The topological polar surface area (TPSA) is 104 Å². The molecule has 0 aliphatic rings. The van der Waals surface area contributed by atoms with Crippen LogP contribution in [0.2, 0.25) is 0 Å². The third-order valence-corrected chi connectivity index (χ3v) is 5.93. The number of halogens is 1. The van der Waals surface area contributed by atoms with Crippen LogP contribution in [0.25, 0.3) is 16.7 Å². The van der Waals surface area contributed by atoms with Crippen molar-refractivity contribution in [2.45, 2.75) is 4.90 Å². The molecule has 0 radical (unpaired) electrons. The summed E-state index contributed by atoms with van der Waals surface area (Å²) in [5.74, 6) is 0.878. The van der Waals surface area contributed by atoms with Gasteiger partial charge in [0.15, 0.2) is 5.82 Å². The summed E-state index contributed by atoms with van der Waals surface area (Å²) >= 11 is 3.36. The quantitative estimate of drug-likeness (QED) is 0.488. The zero-order valence-corrected chi connectivity index (χ0v) is 17.3. The van der Waals surface area contributed by atoms with Gasteiger partial charge in [-0.05, 0) is 24.3 Å². The molecule has 4 aromatic rings. The van der Waals surface area contributed by atoms with E-state index in [1.807, 2.05) is 6.07 Å². The standard InChI is InChI=1S/C17H15BrN6O3S/c1-23-17-11(8-20-23)3-4-14(27-2)16(17)22-28(25,26)13-9-21-24(10-13)15-7-12(18)5-6-19-15/h3-10,22H,1-2H3. The Balaban J connectivity index is 1.75. The molecule has 0 amide bonds. The zero-order valence-electron chi connectivity index (χ0n) is 14.9. The number of ether oxygens (including phenoxy) is 1. The van der Waals surface area contributed by atoms with E-state index in [0.29, 0.717) is 22.8 Å². The van der Waals surface area contributed by atoms with Gasteiger partial charge < -0.3 is 4.74 Å². The van der Waals surface area contributed by atoms with Gasteiger partial charge in [-0.3, -0.25) is 9.40 Å². The largest absolute Gasteiger partial charge is 0.494 e. The smallest absolute Gasteiger partial charge is 0.265 e. The molecule has 3 aromatic heterocycles. The maximum Gasteiger partial charge on any atom is 0.265 e. The lowest BCUT2D eigenvalue weighted by Gasteiger charge is -2.13. The van der Waals surface area contributed by atoms with Crippen molar-refractivity contribution < 1.29 is 13.2 Å². The Kier molecular flexibility index (Phi) is 4.55. The highest BCUT2D eigenvalue weighted by molar-refractivity contribution is 9.10. The summed E-state index contributed by atoms with van der Waals surface area (Å²) < 4.78 is 37.7. The van der Waals surface area contributed by atoms with E-state index < -0.39 is 10.0 Å². The molecule has 0 saturated carbocycles. The Hall–Kier alpha value is -2.92. The zero-order chi connectivity index (χ0) is 19.9. The number of hydrogen-bond acceptors (Lipinski definition) is 6. The van der Waals surface area contributed by atoms with Crippen molar-refractivity contribution >= 4 is 42.5 Å². The number of rotatable bonds is 5. The van der Waals surface area contributed by atoms with E-state index in [-0.39, 0.29) is 4.90 Å². The number of pyridine rings is 1. The van der Waals surface area contributed by atoms with Crippen molar-refractivity contribution in [2.24, 2.45) is 7.05 Å². The Morgan fingerprint density at radius 2 is 2.00 bits per heavy atom. The maximum absolute atomic E-state index is 13.0. The van der Waals surface area contributed by atoms with Gasteiger partial charge in [0, 0.05) is 23.1 Å². The number of hydrogen-bond donors (Lipinski definition) is 1. The first kappa shape index (κ1) is 18.4. The first-order valence-electron chi connectivity index (χ1n) is 8.07. The van der Waals surface area contributed by atoms with Gasteiger partial charge in [-0.15, -0.1) is 0 Å². The van der Waals surface area contributed by atoms with E-state index >= 15 is 0 Å². The van der Waals surface area contributed by atoms with Crippen molar-refractivity contribution in [3.8, 4) is 11.6 Å². The van der Waals surface area contributed by atoms with Crippen LogP contribution in [0.1, 0.15) is 0 Å². The SMILES string of the molecule is COc1ccc2cnn(C)c2c1NS(=O)(=O)c1cnn(-c2cc(Br)ccn2)c1. The molecule has 0 bridgehead atoms. The molecule has 3 heterocycles. The second-order valence-corrected chi connectivity index (χ2v) is 8.51. The molecule has 1 aromatic carbocycles. The second-order valence-electron chi connectivity index (χ2n) is 5.91. The lowest BCUT2D eigenvalue weighted by Crippen LogP contribution is -2.14. The van der Waals surface area contributed by atoms with E-state index in [2.05, 4.69) is 35.8 Å². The van der Waals surface area contributed by atoms with Crippen LogP contribution in [0.3, 0.4) is 0 Å². The minimum absolute atomic E-state index is 0.00417. The predicted molar refractivity (Wildman–Crippen MR) is 107 cm³/mol. The van der Waals surface area contributed by atoms with E-state index in [0.717, 1.165) is 9.86 Å². The molecule has 0 spiro atoms. The summed E-state index contributed by atoms with van der Waals surface area (Å²) in [6, 6.07) is 7.01. The van der Waals surface area contributed by atoms with E-state index in [4.69, 9.17) is 4.74 Å².